The molecule has 3 nitrogen and oxygen atoms in total. The molecule has 0 aliphatic carbocycles. The summed E-state index contributed by atoms with van der Waals surface area (Å²) < 4.78 is 53.4. The summed E-state index contributed by atoms with van der Waals surface area (Å²) in [5.74, 6) is -0.522. The Morgan fingerprint density at radius 1 is 1.14 bits per heavy atom. The second kappa shape index (κ2) is 5.99. The summed E-state index contributed by atoms with van der Waals surface area (Å²) in [7, 11) is 1.67. The van der Waals surface area contributed by atoms with Crippen molar-refractivity contribution in [2.75, 3.05) is 11.9 Å². The van der Waals surface area contributed by atoms with E-state index in [1.807, 2.05) is 0 Å². The van der Waals surface area contributed by atoms with E-state index in [1.165, 1.54) is 30.3 Å². The number of ether oxygens (including phenoxy) is 1. The molecule has 0 amide bonds. The number of hydrogen-bond acceptors (Lipinski definition) is 3. The minimum Gasteiger partial charge on any atom is -0.406 e. The Morgan fingerprint density at radius 3 is 2.52 bits per heavy atom. The van der Waals surface area contributed by atoms with Crippen LogP contribution in [0, 0.1) is 5.95 Å². The number of benzene rings is 1. The third-order valence-corrected chi connectivity index (χ3v) is 2.64. The highest BCUT2D eigenvalue weighted by Gasteiger charge is 2.31. The van der Waals surface area contributed by atoms with Gasteiger partial charge in [-0.15, -0.1) is 13.2 Å². The van der Waals surface area contributed by atoms with E-state index in [9.17, 15) is 17.6 Å². The van der Waals surface area contributed by atoms with Crippen molar-refractivity contribution in [2.24, 2.45) is 0 Å². The number of pyridine rings is 1. The molecule has 0 saturated carbocycles. The molecule has 2 aromatic rings. The molecule has 0 aliphatic rings. The molecule has 0 atom stereocenters. The van der Waals surface area contributed by atoms with Crippen LogP contribution in [0.15, 0.2) is 42.5 Å². The largest absolute Gasteiger partial charge is 0.573 e. The maximum absolute atomic E-state index is 13.0. The van der Waals surface area contributed by atoms with Gasteiger partial charge in [-0.25, -0.2) is 4.98 Å². The zero-order chi connectivity index (χ0) is 15.5. The second-order valence-corrected chi connectivity index (χ2v) is 4.37. The molecule has 7 heteroatoms. The van der Waals surface area contributed by atoms with Crippen LogP contribution in [-0.4, -0.2) is 18.4 Å². The highest BCUT2D eigenvalue weighted by Crippen LogP contribution is 2.24. The zero-order valence-electron chi connectivity index (χ0n) is 11.1. The predicted octanol–water partition coefficient (Wildman–Crippen LogP) is 3.76. The SMILES string of the molecule is CN(Cc1cccc(OC(F)(F)F)c1)c1cccc(F)n1. The van der Waals surface area contributed by atoms with Crippen LogP contribution in [0.4, 0.5) is 23.4 Å². The maximum Gasteiger partial charge on any atom is 0.573 e. The van der Waals surface area contributed by atoms with Crippen molar-refractivity contribution in [3.8, 4) is 5.75 Å². The van der Waals surface area contributed by atoms with E-state index in [-0.39, 0.29) is 12.3 Å². The van der Waals surface area contributed by atoms with Gasteiger partial charge in [-0.3, -0.25) is 0 Å². The molecule has 1 aromatic heterocycles. The Morgan fingerprint density at radius 2 is 1.86 bits per heavy atom. The zero-order valence-corrected chi connectivity index (χ0v) is 11.1. The average Bonchev–Trinajstić information content (AvgIpc) is 2.37. The number of halogens is 4. The van der Waals surface area contributed by atoms with E-state index in [4.69, 9.17) is 0 Å². The normalized spacial score (nSPS) is 11.3. The average molecular weight is 300 g/mol. The van der Waals surface area contributed by atoms with E-state index < -0.39 is 12.3 Å². The summed E-state index contributed by atoms with van der Waals surface area (Å²) in [6.07, 6.45) is -4.73. The van der Waals surface area contributed by atoms with Gasteiger partial charge in [-0.05, 0) is 29.8 Å². The lowest BCUT2D eigenvalue weighted by Crippen LogP contribution is -2.19. The van der Waals surface area contributed by atoms with Gasteiger partial charge in [-0.1, -0.05) is 18.2 Å². The van der Waals surface area contributed by atoms with Crippen LogP contribution in [0.2, 0.25) is 0 Å². The van der Waals surface area contributed by atoms with Gasteiger partial charge in [0.2, 0.25) is 5.95 Å². The van der Waals surface area contributed by atoms with E-state index in [1.54, 1.807) is 24.1 Å². The lowest BCUT2D eigenvalue weighted by molar-refractivity contribution is -0.274. The number of anilines is 1. The molecule has 1 heterocycles. The highest BCUT2D eigenvalue weighted by molar-refractivity contribution is 5.39. The molecule has 0 bridgehead atoms. The van der Waals surface area contributed by atoms with Crippen LogP contribution in [0.5, 0.6) is 5.75 Å². The number of hydrogen-bond donors (Lipinski definition) is 0. The molecule has 0 spiro atoms. The molecule has 0 fully saturated rings. The quantitative estimate of drug-likeness (QED) is 0.635. The van der Waals surface area contributed by atoms with Gasteiger partial charge in [-0.2, -0.15) is 4.39 Å². The highest BCUT2D eigenvalue weighted by atomic mass is 19.4. The lowest BCUT2D eigenvalue weighted by atomic mass is 10.2. The van der Waals surface area contributed by atoms with Crippen molar-refractivity contribution in [2.45, 2.75) is 12.9 Å². The Bertz CT molecular complexity index is 616. The summed E-state index contributed by atoms with van der Waals surface area (Å²) in [4.78, 5) is 5.32. The van der Waals surface area contributed by atoms with Gasteiger partial charge in [0.05, 0.1) is 0 Å². The monoisotopic (exact) mass is 300 g/mol. The number of rotatable bonds is 4. The van der Waals surface area contributed by atoms with Crippen LogP contribution < -0.4 is 9.64 Å². The van der Waals surface area contributed by atoms with Crippen LogP contribution in [0.1, 0.15) is 5.56 Å². The van der Waals surface area contributed by atoms with Gasteiger partial charge in [0.15, 0.2) is 0 Å². The van der Waals surface area contributed by atoms with E-state index in [0.29, 0.717) is 11.4 Å². The third kappa shape index (κ3) is 4.62. The predicted molar refractivity (Wildman–Crippen MR) is 69.4 cm³/mol. The molecule has 0 radical (unpaired) electrons. The van der Waals surface area contributed by atoms with Crippen LogP contribution >= 0.6 is 0 Å². The maximum atomic E-state index is 13.0. The molecule has 21 heavy (non-hydrogen) atoms. The van der Waals surface area contributed by atoms with Crippen LogP contribution in [-0.2, 0) is 6.54 Å². The molecular formula is C14H12F4N2O. The molecule has 0 saturated heterocycles. The van der Waals surface area contributed by atoms with Crippen molar-refractivity contribution in [3.05, 3.63) is 54.0 Å². The minimum atomic E-state index is -4.73. The third-order valence-electron chi connectivity index (χ3n) is 2.64. The first-order valence-corrected chi connectivity index (χ1v) is 6.02. The van der Waals surface area contributed by atoms with Gasteiger partial charge >= 0.3 is 6.36 Å². The fourth-order valence-corrected chi connectivity index (χ4v) is 1.81. The van der Waals surface area contributed by atoms with Crippen molar-refractivity contribution < 1.29 is 22.3 Å². The Balaban J connectivity index is 2.11. The molecule has 2 rings (SSSR count). The molecule has 1 aromatic carbocycles. The standard InChI is InChI=1S/C14H12F4N2O/c1-20(13-7-3-6-12(15)19-13)9-10-4-2-5-11(8-10)21-14(16,17)18/h2-8H,9H2,1H3. The van der Waals surface area contributed by atoms with Gasteiger partial charge in [0.1, 0.15) is 11.6 Å². The van der Waals surface area contributed by atoms with Gasteiger partial charge < -0.3 is 9.64 Å². The molecule has 0 aliphatic heterocycles. The van der Waals surface area contributed by atoms with Crippen molar-refractivity contribution in [1.29, 1.82) is 0 Å². The van der Waals surface area contributed by atoms with E-state index in [2.05, 4.69) is 9.72 Å². The first-order valence-electron chi connectivity index (χ1n) is 6.02. The summed E-state index contributed by atoms with van der Waals surface area (Å²) in [5.41, 5.74) is 0.588. The van der Waals surface area contributed by atoms with Crippen LogP contribution in [0.25, 0.3) is 0 Å². The fraction of sp³-hybridized carbons (Fsp3) is 0.214. The minimum absolute atomic E-state index is 0.269. The Hall–Kier alpha value is -2.31. The molecule has 112 valence electrons. The van der Waals surface area contributed by atoms with Gasteiger partial charge in [0, 0.05) is 13.6 Å². The second-order valence-electron chi connectivity index (χ2n) is 4.37. The van der Waals surface area contributed by atoms with Gasteiger partial charge in [0.25, 0.3) is 0 Å². The Labute approximate surface area is 118 Å². The number of aromatic nitrogens is 1. The molecule has 0 unspecified atom stereocenters. The lowest BCUT2D eigenvalue weighted by Gasteiger charge is -2.18. The number of nitrogens with zero attached hydrogens (tertiary/aromatic N) is 2. The summed E-state index contributed by atoms with van der Waals surface area (Å²) in [6, 6.07) is 9.95. The summed E-state index contributed by atoms with van der Waals surface area (Å²) in [5, 5.41) is 0. The Kier molecular flexibility index (Phi) is 4.30. The number of alkyl halides is 3. The van der Waals surface area contributed by atoms with Crippen molar-refractivity contribution >= 4 is 5.82 Å². The summed E-state index contributed by atoms with van der Waals surface area (Å²) in [6.45, 7) is 0.269. The smallest absolute Gasteiger partial charge is 0.406 e. The fourth-order valence-electron chi connectivity index (χ4n) is 1.81. The van der Waals surface area contributed by atoms with Crippen LogP contribution in [0.3, 0.4) is 0 Å². The first-order chi connectivity index (χ1) is 9.83. The molecule has 0 N–H and O–H groups in total. The van der Waals surface area contributed by atoms with Crippen molar-refractivity contribution in [1.82, 2.24) is 4.98 Å². The van der Waals surface area contributed by atoms with E-state index >= 15 is 0 Å². The first kappa shape index (κ1) is 15.1. The summed E-state index contributed by atoms with van der Waals surface area (Å²) >= 11 is 0. The van der Waals surface area contributed by atoms with E-state index in [0.717, 1.165) is 0 Å². The van der Waals surface area contributed by atoms with Crippen molar-refractivity contribution in [3.63, 3.8) is 0 Å². The molecular weight excluding hydrogens is 288 g/mol. The topological polar surface area (TPSA) is 25.4 Å².